The van der Waals surface area contributed by atoms with Crippen molar-refractivity contribution in [3.05, 3.63) is 33.5 Å². The monoisotopic (exact) mass is 397 g/mol. The summed E-state index contributed by atoms with van der Waals surface area (Å²) in [5, 5.41) is 3.39. The van der Waals surface area contributed by atoms with Crippen LogP contribution in [0.3, 0.4) is 0 Å². The molecule has 1 N–H and O–H groups in total. The van der Waals surface area contributed by atoms with Crippen LogP contribution in [0.15, 0.2) is 24.3 Å². The van der Waals surface area contributed by atoms with Crippen LogP contribution in [0.1, 0.15) is 26.0 Å². The topological polar surface area (TPSA) is 47.0 Å². The number of rotatable bonds is 6. The molecular formula is C16H20IN3O. The number of hydrogen-bond donors (Lipinski definition) is 1. The number of methoxy groups -OCH3 is 1. The van der Waals surface area contributed by atoms with Crippen molar-refractivity contribution in [3.8, 4) is 17.1 Å². The van der Waals surface area contributed by atoms with Gasteiger partial charge in [-0.15, -0.1) is 0 Å². The highest BCUT2D eigenvalue weighted by Gasteiger charge is 2.12. The Hall–Kier alpha value is -1.37. The van der Waals surface area contributed by atoms with Gasteiger partial charge < -0.3 is 10.1 Å². The number of halogens is 1. The first-order valence-electron chi connectivity index (χ1n) is 7.14. The van der Waals surface area contributed by atoms with Crippen molar-refractivity contribution >= 4 is 28.4 Å². The molecule has 0 saturated carbocycles. The maximum atomic E-state index is 5.19. The zero-order chi connectivity index (χ0) is 15.2. The van der Waals surface area contributed by atoms with Crippen LogP contribution in [-0.4, -0.2) is 23.6 Å². The second-order valence-corrected chi connectivity index (χ2v) is 5.74. The van der Waals surface area contributed by atoms with E-state index in [2.05, 4.69) is 51.7 Å². The van der Waals surface area contributed by atoms with Gasteiger partial charge in [-0.25, -0.2) is 9.97 Å². The average molecular weight is 397 g/mol. The zero-order valence-corrected chi connectivity index (χ0v) is 14.8. The van der Waals surface area contributed by atoms with E-state index >= 15 is 0 Å². The van der Waals surface area contributed by atoms with Crippen LogP contribution in [0.5, 0.6) is 5.75 Å². The summed E-state index contributed by atoms with van der Waals surface area (Å²) < 4.78 is 6.30. The van der Waals surface area contributed by atoms with E-state index < -0.39 is 0 Å². The molecule has 1 aromatic carbocycles. The number of nitrogens with zero attached hydrogens (tertiary/aromatic N) is 2. The van der Waals surface area contributed by atoms with E-state index in [1.807, 2.05) is 24.3 Å². The van der Waals surface area contributed by atoms with Gasteiger partial charge in [-0.2, -0.15) is 0 Å². The molecule has 2 aromatic rings. The second-order valence-electron chi connectivity index (χ2n) is 4.67. The lowest BCUT2D eigenvalue weighted by atomic mass is 10.2. The predicted molar refractivity (Wildman–Crippen MR) is 94.9 cm³/mol. The largest absolute Gasteiger partial charge is 0.497 e. The lowest BCUT2D eigenvalue weighted by Gasteiger charge is -2.12. The van der Waals surface area contributed by atoms with E-state index in [4.69, 9.17) is 4.74 Å². The van der Waals surface area contributed by atoms with Gasteiger partial charge >= 0.3 is 0 Å². The van der Waals surface area contributed by atoms with Crippen molar-refractivity contribution in [3.63, 3.8) is 0 Å². The van der Waals surface area contributed by atoms with E-state index in [9.17, 15) is 0 Å². The van der Waals surface area contributed by atoms with Crippen molar-refractivity contribution in [1.29, 1.82) is 0 Å². The van der Waals surface area contributed by atoms with Crippen molar-refractivity contribution in [2.45, 2.75) is 26.7 Å². The van der Waals surface area contributed by atoms with Crippen molar-refractivity contribution < 1.29 is 4.74 Å². The van der Waals surface area contributed by atoms with E-state index in [0.29, 0.717) is 0 Å². The molecule has 0 aliphatic heterocycles. The molecule has 0 aliphatic rings. The average Bonchev–Trinajstić information content (AvgIpc) is 2.54. The minimum atomic E-state index is 0.758. The van der Waals surface area contributed by atoms with E-state index in [-0.39, 0.29) is 0 Å². The summed E-state index contributed by atoms with van der Waals surface area (Å²) in [6.07, 6.45) is 1.96. The lowest BCUT2D eigenvalue weighted by molar-refractivity contribution is 0.415. The van der Waals surface area contributed by atoms with Gasteiger partial charge in [0.15, 0.2) is 5.82 Å². The van der Waals surface area contributed by atoms with Crippen molar-refractivity contribution in [2.24, 2.45) is 0 Å². The van der Waals surface area contributed by atoms with Gasteiger partial charge in [-0.05, 0) is 59.7 Å². The van der Waals surface area contributed by atoms with Crippen LogP contribution >= 0.6 is 22.6 Å². The van der Waals surface area contributed by atoms with Crippen LogP contribution in [0.2, 0.25) is 0 Å². The standard InChI is InChI=1S/C16H20IN3O/c1-4-10-18-16-14(17)13(5-2)19-15(20-16)11-6-8-12(21-3)9-7-11/h6-9H,4-5,10H2,1-3H3,(H,18,19,20). The summed E-state index contributed by atoms with van der Waals surface area (Å²) in [6.45, 7) is 5.18. The normalized spacial score (nSPS) is 10.5. The van der Waals surface area contributed by atoms with Gasteiger partial charge in [0.2, 0.25) is 0 Å². The molecule has 2 rings (SSSR count). The molecule has 0 fully saturated rings. The second kappa shape index (κ2) is 7.59. The fourth-order valence-electron chi connectivity index (χ4n) is 1.96. The number of hydrogen-bond acceptors (Lipinski definition) is 4. The number of aryl methyl sites for hydroxylation is 1. The molecule has 0 unspecified atom stereocenters. The fraction of sp³-hybridized carbons (Fsp3) is 0.375. The molecule has 5 heteroatoms. The quantitative estimate of drug-likeness (QED) is 0.745. The van der Waals surface area contributed by atoms with Gasteiger partial charge in [0.1, 0.15) is 11.6 Å². The van der Waals surface area contributed by atoms with Crippen LogP contribution < -0.4 is 10.1 Å². The number of ether oxygens (including phenoxy) is 1. The minimum Gasteiger partial charge on any atom is -0.497 e. The maximum absolute atomic E-state index is 5.19. The molecule has 0 aliphatic carbocycles. The summed E-state index contributed by atoms with van der Waals surface area (Å²) in [7, 11) is 1.67. The molecule has 1 aromatic heterocycles. The first-order valence-corrected chi connectivity index (χ1v) is 8.22. The van der Waals surface area contributed by atoms with Crippen LogP contribution in [0.25, 0.3) is 11.4 Å². The molecule has 21 heavy (non-hydrogen) atoms. The van der Waals surface area contributed by atoms with Gasteiger partial charge in [0.25, 0.3) is 0 Å². The number of aromatic nitrogens is 2. The lowest BCUT2D eigenvalue weighted by Crippen LogP contribution is -2.08. The molecule has 0 atom stereocenters. The Kier molecular flexibility index (Phi) is 5.78. The molecule has 0 spiro atoms. The smallest absolute Gasteiger partial charge is 0.161 e. The van der Waals surface area contributed by atoms with Gasteiger partial charge in [0, 0.05) is 12.1 Å². The first kappa shape index (κ1) is 16.0. The fourth-order valence-corrected chi connectivity index (χ4v) is 2.77. The SMILES string of the molecule is CCCNc1nc(-c2ccc(OC)cc2)nc(CC)c1I. The van der Waals surface area contributed by atoms with Crippen LogP contribution in [0, 0.1) is 3.57 Å². The van der Waals surface area contributed by atoms with Gasteiger partial charge in [-0.1, -0.05) is 13.8 Å². The summed E-state index contributed by atoms with van der Waals surface area (Å²) in [6, 6.07) is 7.84. The Labute approximate surface area is 139 Å². The number of anilines is 1. The third-order valence-electron chi connectivity index (χ3n) is 3.15. The maximum Gasteiger partial charge on any atom is 0.161 e. The van der Waals surface area contributed by atoms with E-state index in [1.165, 1.54) is 0 Å². The molecular weight excluding hydrogens is 377 g/mol. The highest BCUT2D eigenvalue weighted by atomic mass is 127. The minimum absolute atomic E-state index is 0.758. The number of nitrogens with one attached hydrogen (secondary N) is 1. The van der Waals surface area contributed by atoms with E-state index in [1.54, 1.807) is 7.11 Å². The summed E-state index contributed by atoms with van der Waals surface area (Å²) in [4.78, 5) is 9.36. The Balaban J connectivity index is 2.41. The molecule has 0 bridgehead atoms. The number of benzene rings is 1. The highest BCUT2D eigenvalue weighted by molar-refractivity contribution is 14.1. The zero-order valence-electron chi connectivity index (χ0n) is 12.6. The predicted octanol–water partition coefficient (Wildman–Crippen LogP) is 4.14. The van der Waals surface area contributed by atoms with Crippen molar-refractivity contribution in [1.82, 2.24) is 9.97 Å². The van der Waals surface area contributed by atoms with Gasteiger partial charge in [0.05, 0.1) is 16.4 Å². The Morgan fingerprint density at radius 1 is 1.14 bits per heavy atom. The molecule has 4 nitrogen and oxygen atoms in total. The Morgan fingerprint density at radius 3 is 2.43 bits per heavy atom. The Bertz CT molecular complexity index is 599. The first-order chi connectivity index (χ1) is 10.2. The van der Waals surface area contributed by atoms with Crippen molar-refractivity contribution in [2.75, 3.05) is 19.0 Å². The Morgan fingerprint density at radius 2 is 1.86 bits per heavy atom. The molecule has 112 valence electrons. The summed E-state index contributed by atoms with van der Waals surface area (Å²) >= 11 is 2.32. The van der Waals surface area contributed by atoms with E-state index in [0.717, 1.165) is 51.6 Å². The van der Waals surface area contributed by atoms with Gasteiger partial charge in [-0.3, -0.25) is 0 Å². The van der Waals surface area contributed by atoms with Crippen LogP contribution in [-0.2, 0) is 6.42 Å². The molecule has 1 heterocycles. The summed E-state index contributed by atoms with van der Waals surface area (Å²) in [5.41, 5.74) is 2.08. The third-order valence-corrected chi connectivity index (χ3v) is 4.28. The highest BCUT2D eigenvalue weighted by Crippen LogP contribution is 2.25. The third kappa shape index (κ3) is 3.84. The molecule has 0 amide bonds. The molecule has 0 radical (unpaired) electrons. The molecule has 0 saturated heterocycles. The summed E-state index contributed by atoms with van der Waals surface area (Å²) in [5.74, 6) is 2.52. The van der Waals surface area contributed by atoms with Crippen LogP contribution in [0.4, 0.5) is 5.82 Å².